The molecule has 0 spiro atoms. The lowest BCUT2D eigenvalue weighted by molar-refractivity contribution is -0.274. The van der Waals surface area contributed by atoms with Crippen LogP contribution in [0.4, 0.5) is 13.2 Å². The molecule has 0 aliphatic heterocycles. The Morgan fingerprint density at radius 1 is 1.12 bits per heavy atom. The summed E-state index contributed by atoms with van der Waals surface area (Å²) in [5.74, 6) is -0.248. The lowest BCUT2D eigenvalue weighted by atomic mass is 9.87. The maximum Gasteiger partial charge on any atom is 0.573 e. The highest BCUT2D eigenvalue weighted by Crippen LogP contribution is 2.34. The third-order valence-corrected chi connectivity index (χ3v) is 2.31. The van der Waals surface area contributed by atoms with E-state index < -0.39 is 6.36 Å². The lowest BCUT2D eigenvalue weighted by Crippen LogP contribution is -2.18. The summed E-state index contributed by atoms with van der Waals surface area (Å²) in [6.07, 6.45) is -4.68. The highest BCUT2D eigenvalue weighted by molar-refractivity contribution is 6.31. The van der Waals surface area contributed by atoms with E-state index in [1.54, 1.807) is 0 Å². The van der Waals surface area contributed by atoms with Gasteiger partial charge in [0.15, 0.2) is 0 Å². The summed E-state index contributed by atoms with van der Waals surface area (Å²) in [4.78, 5) is 0. The van der Waals surface area contributed by atoms with Gasteiger partial charge in [-0.15, -0.1) is 13.2 Å². The molecule has 0 heterocycles. The fraction of sp³-hybridized carbons (Fsp3) is 0.455. The lowest BCUT2D eigenvalue weighted by Gasteiger charge is -2.21. The second kappa shape index (κ2) is 4.17. The average molecular weight is 253 g/mol. The van der Waals surface area contributed by atoms with Crippen LogP contribution in [0.25, 0.3) is 0 Å². The Bertz CT molecular complexity index is 380. The molecular formula is C11H12ClF3O. The smallest absolute Gasteiger partial charge is 0.406 e. The van der Waals surface area contributed by atoms with Crippen molar-refractivity contribution < 1.29 is 17.9 Å². The number of halogens is 4. The normalized spacial score (nSPS) is 12.7. The molecule has 90 valence electrons. The Balaban J connectivity index is 3.09. The van der Waals surface area contributed by atoms with Gasteiger partial charge in [-0.1, -0.05) is 32.4 Å². The van der Waals surface area contributed by atoms with Gasteiger partial charge in [0, 0.05) is 5.02 Å². The zero-order valence-corrected chi connectivity index (χ0v) is 9.91. The second-order valence-electron chi connectivity index (χ2n) is 4.44. The van der Waals surface area contributed by atoms with E-state index in [-0.39, 0.29) is 11.2 Å². The molecule has 1 aromatic rings. The molecule has 0 aliphatic carbocycles. The van der Waals surface area contributed by atoms with Crippen molar-refractivity contribution in [1.29, 1.82) is 0 Å². The molecule has 1 rings (SSSR count). The van der Waals surface area contributed by atoms with Crippen LogP contribution in [0.2, 0.25) is 5.02 Å². The molecule has 0 N–H and O–H groups in total. The minimum Gasteiger partial charge on any atom is -0.406 e. The van der Waals surface area contributed by atoms with Crippen molar-refractivity contribution in [1.82, 2.24) is 0 Å². The first-order chi connectivity index (χ1) is 7.09. The second-order valence-corrected chi connectivity index (χ2v) is 4.85. The highest BCUT2D eigenvalue weighted by Gasteiger charge is 2.31. The molecule has 1 nitrogen and oxygen atoms in total. The number of benzene rings is 1. The van der Waals surface area contributed by atoms with Gasteiger partial charge >= 0.3 is 6.36 Å². The predicted molar refractivity (Wildman–Crippen MR) is 56.8 cm³/mol. The summed E-state index contributed by atoms with van der Waals surface area (Å²) < 4.78 is 39.9. The van der Waals surface area contributed by atoms with Crippen LogP contribution in [0.5, 0.6) is 5.75 Å². The van der Waals surface area contributed by atoms with E-state index in [2.05, 4.69) is 4.74 Å². The number of hydrogen-bond acceptors (Lipinski definition) is 1. The van der Waals surface area contributed by atoms with Gasteiger partial charge in [-0.3, -0.25) is 0 Å². The number of ether oxygens (including phenoxy) is 1. The Morgan fingerprint density at radius 3 is 2.12 bits per heavy atom. The van der Waals surface area contributed by atoms with E-state index in [1.165, 1.54) is 18.2 Å². The van der Waals surface area contributed by atoms with Crippen molar-refractivity contribution in [3.8, 4) is 5.75 Å². The van der Waals surface area contributed by atoms with Gasteiger partial charge in [0.2, 0.25) is 0 Å². The molecule has 0 radical (unpaired) electrons. The molecule has 0 aliphatic rings. The number of rotatable bonds is 1. The summed E-state index contributed by atoms with van der Waals surface area (Å²) in [6.45, 7) is 5.60. The van der Waals surface area contributed by atoms with E-state index in [9.17, 15) is 13.2 Å². The third-order valence-electron chi connectivity index (χ3n) is 1.98. The first-order valence-corrected chi connectivity index (χ1v) is 5.03. The minimum absolute atomic E-state index is 0.248. The standard InChI is InChI=1S/C11H12ClF3O/c1-10(2,3)8-6-7(4-5-9(8)12)16-11(13,14)15/h4-6H,1-3H3. The Morgan fingerprint density at radius 2 is 1.69 bits per heavy atom. The zero-order valence-electron chi connectivity index (χ0n) is 9.15. The Labute approximate surface area is 97.2 Å². The molecule has 0 unspecified atom stereocenters. The van der Waals surface area contributed by atoms with Crippen molar-refractivity contribution in [2.75, 3.05) is 0 Å². The summed E-state index contributed by atoms with van der Waals surface area (Å²) in [6, 6.07) is 3.92. The quantitative estimate of drug-likeness (QED) is 0.713. The van der Waals surface area contributed by atoms with Crippen molar-refractivity contribution >= 4 is 11.6 Å². The summed E-state index contributed by atoms with van der Waals surface area (Å²) in [5.41, 5.74) is 0.290. The van der Waals surface area contributed by atoms with Crippen LogP contribution in [-0.2, 0) is 5.41 Å². The van der Waals surface area contributed by atoms with Crippen LogP contribution in [0.3, 0.4) is 0 Å². The Hall–Kier alpha value is -0.900. The molecule has 0 atom stereocenters. The number of hydrogen-bond donors (Lipinski definition) is 0. The van der Waals surface area contributed by atoms with Crippen LogP contribution in [0, 0.1) is 0 Å². The third kappa shape index (κ3) is 3.59. The zero-order chi connectivity index (χ0) is 12.6. The molecule has 0 fully saturated rings. The molecule has 0 bridgehead atoms. The first-order valence-electron chi connectivity index (χ1n) is 4.65. The minimum atomic E-state index is -4.68. The molecule has 0 amide bonds. The Kier molecular flexibility index (Phi) is 3.43. The largest absolute Gasteiger partial charge is 0.573 e. The van der Waals surface area contributed by atoms with Crippen molar-refractivity contribution in [2.24, 2.45) is 0 Å². The van der Waals surface area contributed by atoms with Crippen molar-refractivity contribution in [3.63, 3.8) is 0 Å². The van der Waals surface area contributed by atoms with Gasteiger partial charge in [0.1, 0.15) is 5.75 Å². The first kappa shape index (κ1) is 13.2. The topological polar surface area (TPSA) is 9.23 Å². The van der Waals surface area contributed by atoms with Crippen LogP contribution < -0.4 is 4.74 Å². The van der Waals surface area contributed by atoms with Gasteiger partial charge in [0.05, 0.1) is 0 Å². The molecule has 0 aromatic heterocycles. The fourth-order valence-corrected chi connectivity index (χ4v) is 1.68. The van der Waals surface area contributed by atoms with Crippen LogP contribution >= 0.6 is 11.6 Å². The van der Waals surface area contributed by atoms with E-state index >= 15 is 0 Å². The van der Waals surface area contributed by atoms with Gasteiger partial charge in [-0.25, -0.2) is 0 Å². The van der Waals surface area contributed by atoms with Gasteiger partial charge in [0.25, 0.3) is 0 Å². The summed E-state index contributed by atoms with van der Waals surface area (Å²) in [7, 11) is 0. The van der Waals surface area contributed by atoms with E-state index in [4.69, 9.17) is 11.6 Å². The van der Waals surface area contributed by atoms with Gasteiger partial charge in [-0.2, -0.15) is 0 Å². The average Bonchev–Trinajstić information content (AvgIpc) is 2.04. The fourth-order valence-electron chi connectivity index (χ4n) is 1.28. The molecular weight excluding hydrogens is 241 g/mol. The van der Waals surface area contributed by atoms with E-state index in [0.29, 0.717) is 10.6 Å². The predicted octanol–water partition coefficient (Wildman–Crippen LogP) is 4.54. The number of alkyl halides is 3. The van der Waals surface area contributed by atoms with Crippen molar-refractivity contribution in [3.05, 3.63) is 28.8 Å². The molecule has 0 saturated heterocycles. The monoisotopic (exact) mass is 252 g/mol. The SMILES string of the molecule is CC(C)(C)c1cc(OC(F)(F)F)ccc1Cl. The van der Waals surface area contributed by atoms with Crippen molar-refractivity contribution in [2.45, 2.75) is 32.5 Å². The highest BCUT2D eigenvalue weighted by atomic mass is 35.5. The molecule has 5 heteroatoms. The van der Waals surface area contributed by atoms with Crippen LogP contribution in [-0.4, -0.2) is 6.36 Å². The van der Waals surface area contributed by atoms with Crippen LogP contribution in [0.1, 0.15) is 26.3 Å². The molecule has 0 saturated carbocycles. The van der Waals surface area contributed by atoms with Gasteiger partial charge < -0.3 is 4.74 Å². The molecule has 1 aromatic carbocycles. The maximum atomic E-state index is 12.0. The summed E-state index contributed by atoms with van der Waals surface area (Å²) >= 11 is 5.92. The van der Waals surface area contributed by atoms with E-state index in [0.717, 1.165) is 0 Å². The van der Waals surface area contributed by atoms with Crippen LogP contribution in [0.15, 0.2) is 18.2 Å². The van der Waals surface area contributed by atoms with E-state index in [1.807, 2.05) is 20.8 Å². The summed E-state index contributed by atoms with van der Waals surface area (Å²) in [5, 5.41) is 0.432. The molecule has 16 heavy (non-hydrogen) atoms. The maximum absolute atomic E-state index is 12.0. The van der Waals surface area contributed by atoms with Gasteiger partial charge in [-0.05, 0) is 29.2 Å².